The zero-order chi connectivity index (χ0) is 21.2. The van der Waals surface area contributed by atoms with Crippen LogP contribution in [0.3, 0.4) is 0 Å². The van der Waals surface area contributed by atoms with Crippen LogP contribution in [0.2, 0.25) is 0 Å². The Morgan fingerprint density at radius 2 is 1.58 bits per heavy atom. The summed E-state index contributed by atoms with van der Waals surface area (Å²) in [7, 11) is 0. The normalized spacial score (nSPS) is 14.1. The minimum Gasteiger partial charge on any atom is -0.435 e. The van der Waals surface area contributed by atoms with Crippen LogP contribution >= 0.6 is 0 Å². The number of anilines is 3. The van der Waals surface area contributed by atoms with Crippen molar-refractivity contribution in [3.05, 3.63) is 72.9 Å². The van der Waals surface area contributed by atoms with Gasteiger partial charge in [0.1, 0.15) is 23.3 Å². The second-order valence-corrected chi connectivity index (χ2v) is 7.30. The van der Waals surface area contributed by atoms with E-state index in [1.807, 2.05) is 30.3 Å². The van der Waals surface area contributed by atoms with E-state index in [1.54, 1.807) is 18.3 Å². The van der Waals surface area contributed by atoms with Crippen molar-refractivity contribution in [2.75, 3.05) is 41.7 Å². The summed E-state index contributed by atoms with van der Waals surface area (Å²) in [5, 5.41) is 0.977. The summed E-state index contributed by atoms with van der Waals surface area (Å²) in [5.41, 5.74) is 8.55. The first-order chi connectivity index (χ1) is 15.2. The molecule has 2 aromatic carbocycles. The maximum Gasteiger partial charge on any atom is 0.248 e. The van der Waals surface area contributed by atoms with Crippen LogP contribution in [0.4, 0.5) is 21.6 Å². The quantitative estimate of drug-likeness (QED) is 0.541. The predicted molar refractivity (Wildman–Crippen MR) is 119 cm³/mol. The smallest absolute Gasteiger partial charge is 0.248 e. The molecular formula is C23H21FN6O. The average Bonchev–Trinajstić information content (AvgIpc) is 2.81. The fraction of sp³-hybridized carbons (Fsp3) is 0.174. The molecule has 1 fully saturated rings. The highest BCUT2D eigenvalue weighted by atomic mass is 19.1. The van der Waals surface area contributed by atoms with Crippen molar-refractivity contribution in [3.8, 4) is 11.6 Å². The first-order valence-electron chi connectivity index (χ1n) is 10.1. The minimum absolute atomic E-state index is 0.231. The van der Waals surface area contributed by atoms with E-state index in [9.17, 15) is 4.39 Å². The molecule has 2 aromatic heterocycles. The van der Waals surface area contributed by atoms with Crippen LogP contribution in [-0.4, -0.2) is 41.1 Å². The van der Waals surface area contributed by atoms with Gasteiger partial charge in [-0.2, -0.15) is 4.98 Å². The second-order valence-electron chi connectivity index (χ2n) is 7.30. The van der Waals surface area contributed by atoms with Gasteiger partial charge < -0.3 is 20.3 Å². The first-order valence-corrected chi connectivity index (χ1v) is 10.1. The Kier molecular flexibility index (Phi) is 4.95. The van der Waals surface area contributed by atoms with E-state index >= 15 is 0 Å². The van der Waals surface area contributed by atoms with Crippen molar-refractivity contribution >= 4 is 28.1 Å². The summed E-state index contributed by atoms with van der Waals surface area (Å²) in [5.74, 6) is 1.32. The molecule has 0 radical (unpaired) electrons. The molecule has 0 bridgehead atoms. The third-order valence-electron chi connectivity index (χ3n) is 5.40. The number of aromatic nitrogens is 3. The summed E-state index contributed by atoms with van der Waals surface area (Å²) in [6, 6.07) is 16.2. The fourth-order valence-electron chi connectivity index (χ4n) is 3.80. The Morgan fingerprint density at radius 1 is 0.839 bits per heavy atom. The van der Waals surface area contributed by atoms with Gasteiger partial charge in [0, 0.05) is 43.4 Å². The molecule has 0 aliphatic carbocycles. The number of piperazine rings is 1. The van der Waals surface area contributed by atoms with Crippen LogP contribution in [0.25, 0.3) is 10.9 Å². The third-order valence-corrected chi connectivity index (χ3v) is 5.40. The summed E-state index contributed by atoms with van der Waals surface area (Å²) < 4.78 is 19.2. The molecule has 1 saturated heterocycles. The Hall–Kier alpha value is -3.94. The van der Waals surface area contributed by atoms with Gasteiger partial charge in [-0.1, -0.05) is 18.2 Å². The number of nitrogens with two attached hydrogens (primary N) is 1. The van der Waals surface area contributed by atoms with Crippen LogP contribution < -0.4 is 20.3 Å². The number of nitrogens with zero attached hydrogens (tertiary/aromatic N) is 5. The largest absolute Gasteiger partial charge is 0.435 e. The number of halogens is 1. The Bertz CT molecular complexity index is 1200. The van der Waals surface area contributed by atoms with Crippen molar-refractivity contribution in [2.24, 2.45) is 0 Å². The lowest BCUT2D eigenvalue weighted by atomic mass is 10.2. The molecule has 1 aliphatic heterocycles. The second kappa shape index (κ2) is 8.06. The van der Waals surface area contributed by atoms with Gasteiger partial charge >= 0.3 is 0 Å². The van der Waals surface area contributed by atoms with Gasteiger partial charge in [0.25, 0.3) is 0 Å². The number of hydrogen-bond acceptors (Lipinski definition) is 7. The van der Waals surface area contributed by atoms with Crippen LogP contribution in [0.5, 0.6) is 11.6 Å². The van der Waals surface area contributed by atoms with Gasteiger partial charge in [-0.25, -0.2) is 9.37 Å². The Balaban J connectivity index is 1.35. The molecule has 0 atom stereocenters. The molecule has 7 nitrogen and oxygen atoms in total. The zero-order valence-electron chi connectivity index (χ0n) is 16.8. The van der Waals surface area contributed by atoms with Crippen LogP contribution in [0.1, 0.15) is 0 Å². The van der Waals surface area contributed by atoms with E-state index < -0.39 is 0 Å². The lowest BCUT2D eigenvalue weighted by Gasteiger charge is -2.37. The fourth-order valence-corrected chi connectivity index (χ4v) is 3.80. The molecule has 1 aliphatic rings. The third kappa shape index (κ3) is 3.79. The minimum atomic E-state index is -0.231. The van der Waals surface area contributed by atoms with Crippen molar-refractivity contribution in [3.63, 3.8) is 0 Å². The molecule has 4 aromatic rings. The highest BCUT2D eigenvalue weighted by Gasteiger charge is 2.22. The topological polar surface area (TPSA) is 80.4 Å². The molecule has 5 rings (SSSR count). The van der Waals surface area contributed by atoms with E-state index in [2.05, 4.69) is 24.8 Å². The van der Waals surface area contributed by atoms with Gasteiger partial charge in [0.15, 0.2) is 11.6 Å². The zero-order valence-corrected chi connectivity index (χ0v) is 16.8. The molecule has 8 heteroatoms. The number of fused-ring (bicyclic) bond motifs is 1. The van der Waals surface area contributed by atoms with E-state index in [4.69, 9.17) is 10.5 Å². The Morgan fingerprint density at radius 3 is 2.39 bits per heavy atom. The van der Waals surface area contributed by atoms with E-state index in [-0.39, 0.29) is 5.82 Å². The van der Waals surface area contributed by atoms with Crippen molar-refractivity contribution < 1.29 is 9.13 Å². The number of benzene rings is 2. The molecule has 156 valence electrons. The van der Waals surface area contributed by atoms with Crippen LogP contribution in [0, 0.1) is 5.82 Å². The molecule has 0 unspecified atom stereocenters. The van der Waals surface area contributed by atoms with E-state index in [0.29, 0.717) is 23.1 Å². The Labute approximate surface area is 178 Å². The highest BCUT2D eigenvalue weighted by molar-refractivity contribution is 5.84. The maximum atomic E-state index is 13.2. The van der Waals surface area contributed by atoms with Gasteiger partial charge in [0.05, 0.1) is 0 Å². The van der Waals surface area contributed by atoms with Gasteiger partial charge in [-0.3, -0.25) is 4.98 Å². The van der Waals surface area contributed by atoms with Gasteiger partial charge in [-0.15, -0.1) is 0 Å². The SMILES string of the molecule is Nc1c(Oc2cccc3cccnc23)ncnc1N1CCN(c2ccc(F)cc2)CC1. The lowest BCUT2D eigenvalue weighted by Crippen LogP contribution is -2.47. The molecule has 3 heterocycles. The van der Waals surface area contributed by atoms with Crippen LogP contribution in [-0.2, 0) is 0 Å². The van der Waals surface area contributed by atoms with E-state index in [1.165, 1.54) is 18.5 Å². The van der Waals surface area contributed by atoms with Crippen molar-refractivity contribution in [2.45, 2.75) is 0 Å². The molecule has 0 saturated carbocycles. The number of pyridine rings is 1. The maximum absolute atomic E-state index is 13.2. The van der Waals surface area contributed by atoms with E-state index in [0.717, 1.165) is 42.8 Å². The number of para-hydroxylation sites is 1. The summed E-state index contributed by atoms with van der Waals surface area (Å²) in [6.45, 7) is 3.01. The number of rotatable bonds is 4. The molecule has 0 amide bonds. The lowest BCUT2D eigenvalue weighted by molar-refractivity contribution is 0.468. The molecule has 2 N–H and O–H groups in total. The standard InChI is InChI=1S/C23H21FN6O/c24-17-6-8-18(9-7-17)29-11-13-30(14-12-29)22-20(25)23(28-15-27-22)31-19-5-1-3-16-4-2-10-26-21(16)19/h1-10,15H,11-14,25H2. The molecule has 0 spiro atoms. The number of hydrogen-bond donors (Lipinski definition) is 1. The van der Waals surface area contributed by atoms with Crippen molar-refractivity contribution in [1.29, 1.82) is 0 Å². The van der Waals surface area contributed by atoms with Crippen molar-refractivity contribution in [1.82, 2.24) is 15.0 Å². The van der Waals surface area contributed by atoms with Gasteiger partial charge in [0.2, 0.25) is 5.88 Å². The first kappa shape index (κ1) is 19.0. The average molecular weight is 416 g/mol. The monoisotopic (exact) mass is 416 g/mol. The summed E-state index contributed by atoms with van der Waals surface area (Å²) in [4.78, 5) is 17.4. The highest BCUT2D eigenvalue weighted by Crippen LogP contribution is 2.34. The summed E-state index contributed by atoms with van der Waals surface area (Å²) >= 11 is 0. The predicted octanol–water partition coefficient (Wildman–Crippen LogP) is 3.87. The molecule has 31 heavy (non-hydrogen) atoms. The number of ether oxygens (including phenoxy) is 1. The summed E-state index contributed by atoms with van der Waals surface area (Å²) in [6.07, 6.45) is 3.19. The van der Waals surface area contributed by atoms with Crippen LogP contribution in [0.15, 0.2) is 67.1 Å². The van der Waals surface area contributed by atoms with Gasteiger partial charge in [-0.05, 0) is 36.4 Å². The number of nitrogen functional groups attached to an aromatic ring is 1. The molecular weight excluding hydrogens is 395 g/mol.